The molecule has 0 heterocycles. The lowest BCUT2D eigenvalue weighted by atomic mass is 10.1. The van der Waals surface area contributed by atoms with Gasteiger partial charge >= 0.3 is 0 Å². The van der Waals surface area contributed by atoms with Crippen molar-refractivity contribution in [1.29, 1.82) is 0 Å². The van der Waals surface area contributed by atoms with Gasteiger partial charge in [-0.3, -0.25) is 4.79 Å². The monoisotopic (exact) mass is 300 g/mol. The summed E-state index contributed by atoms with van der Waals surface area (Å²) in [5.74, 6) is 0.222. The molecule has 114 valence electrons. The first-order valence-electron chi connectivity index (χ1n) is 6.56. The zero-order chi connectivity index (χ0) is 15.9. The Bertz CT molecular complexity index is 698. The molecule has 0 saturated carbocycles. The lowest BCUT2D eigenvalue weighted by Crippen LogP contribution is -2.19. The van der Waals surface area contributed by atoms with E-state index in [-0.39, 0.29) is 23.8 Å². The molecule has 2 rings (SSSR count). The first-order valence-corrected chi connectivity index (χ1v) is 6.56. The van der Waals surface area contributed by atoms with Gasteiger partial charge in [-0.2, -0.15) is 5.10 Å². The number of hydrogen-bond donors (Lipinski definition) is 3. The maximum Gasteiger partial charge on any atom is 0.244 e. The molecule has 1 amide bonds. The van der Waals surface area contributed by atoms with Gasteiger partial charge in [0.1, 0.15) is 17.2 Å². The van der Waals surface area contributed by atoms with Crippen molar-refractivity contribution < 1.29 is 19.7 Å². The van der Waals surface area contributed by atoms with E-state index < -0.39 is 0 Å². The van der Waals surface area contributed by atoms with Crippen LogP contribution in [0.2, 0.25) is 0 Å². The summed E-state index contributed by atoms with van der Waals surface area (Å²) in [6, 6.07) is 11.3. The lowest BCUT2D eigenvalue weighted by molar-refractivity contribution is -0.120. The Morgan fingerprint density at radius 2 is 2.05 bits per heavy atom. The summed E-state index contributed by atoms with van der Waals surface area (Å²) < 4.78 is 5.10. The highest BCUT2D eigenvalue weighted by molar-refractivity contribution is 5.88. The number of methoxy groups -OCH3 is 1. The highest BCUT2D eigenvalue weighted by Gasteiger charge is 2.06. The van der Waals surface area contributed by atoms with E-state index in [4.69, 9.17) is 4.74 Å². The summed E-state index contributed by atoms with van der Waals surface area (Å²) in [4.78, 5) is 11.8. The molecule has 0 aliphatic rings. The molecule has 6 nitrogen and oxygen atoms in total. The number of carbonyl (C=O) groups excluding carboxylic acids is 1. The molecule has 0 fully saturated rings. The maximum absolute atomic E-state index is 11.8. The zero-order valence-electron chi connectivity index (χ0n) is 12.0. The van der Waals surface area contributed by atoms with E-state index >= 15 is 0 Å². The normalized spacial score (nSPS) is 10.6. The molecule has 0 bridgehead atoms. The minimum absolute atomic E-state index is 0.00494. The Morgan fingerprint density at radius 3 is 2.77 bits per heavy atom. The Morgan fingerprint density at radius 1 is 1.27 bits per heavy atom. The fourth-order valence-corrected chi connectivity index (χ4v) is 1.90. The Hall–Kier alpha value is -3.02. The number of aromatic hydroxyl groups is 2. The number of rotatable bonds is 5. The van der Waals surface area contributed by atoms with E-state index in [1.54, 1.807) is 24.3 Å². The number of benzene rings is 2. The molecule has 0 aliphatic carbocycles. The standard InChI is InChI=1S/C16H16N2O4/c1-22-15-7-3-6-14(20)13(15)10-17-18-16(21)9-11-4-2-5-12(19)8-11/h2-8,10,19-20H,9H2,1H3,(H,18,21). The van der Waals surface area contributed by atoms with Gasteiger partial charge < -0.3 is 14.9 Å². The number of phenols is 2. The van der Waals surface area contributed by atoms with Gasteiger partial charge in [0.25, 0.3) is 0 Å². The van der Waals surface area contributed by atoms with Gasteiger partial charge in [-0.1, -0.05) is 18.2 Å². The molecule has 0 atom stereocenters. The van der Waals surface area contributed by atoms with Crippen LogP contribution in [0.25, 0.3) is 0 Å². The molecule has 0 saturated heterocycles. The average molecular weight is 300 g/mol. The summed E-state index contributed by atoms with van der Waals surface area (Å²) in [6.45, 7) is 0. The third-order valence-electron chi connectivity index (χ3n) is 2.92. The third-order valence-corrected chi connectivity index (χ3v) is 2.92. The number of nitrogens with zero attached hydrogens (tertiary/aromatic N) is 1. The summed E-state index contributed by atoms with van der Waals surface area (Å²) in [5.41, 5.74) is 3.41. The predicted octanol–water partition coefficient (Wildman–Crippen LogP) is 1.80. The van der Waals surface area contributed by atoms with Crippen LogP contribution in [0.4, 0.5) is 0 Å². The lowest BCUT2D eigenvalue weighted by Gasteiger charge is -2.06. The van der Waals surface area contributed by atoms with Crippen molar-refractivity contribution in [1.82, 2.24) is 5.43 Å². The van der Waals surface area contributed by atoms with E-state index in [9.17, 15) is 15.0 Å². The van der Waals surface area contributed by atoms with Crippen molar-refractivity contribution in [2.24, 2.45) is 5.10 Å². The molecule has 6 heteroatoms. The minimum atomic E-state index is -0.337. The Labute approximate surface area is 127 Å². The number of hydrogen-bond acceptors (Lipinski definition) is 5. The first-order chi connectivity index (χ1) is 10.6. The van der Waals surface area contributed by atoms with E-state index in [1.165, 1.54) is 31.5 Å². The zero-order valence-corrected chi connectivity index (χ0v) is 12.0. The molecule has 0 spiro atoms. The van der Waals surface area contributed by atoms with Crippen LogP contribution in [-0.2, 0) is 11.2 Å². The number of hydrazone groups is 1. The second-order valence-corrected chi connectivity index (χ2v) is 4.53. The molecular weight excluding hydrogens is 284 g/mol. The third kappa shape index (κ3) is 3.99. The van der Waals surface area contributed by atoms with Crippen molar-refractivity contribution in [2.75, 3.05) is 7.11 Å². The van der Waals surface area contributed by atoms with Gasteiger partial charge in [0.05, 0.1) is 25.3 Å². The topological polar surface area (TPSA) is 91.2 Å². The van der Waals surface area contributed by atoms with Crippen molar-refractivity contribution >= 4 is 12.1 Å². The summed E-state index contributed by atoms with van der Waals surface area (Å²) in [6.07, 6.45) is 1.40. The van der Waals surface area contributed by atoms with Crippen molar-refractivity contribution in [3.8, 4) is 17.2 Å². The molecule has 0 radical (unpaired) electrons. The number of amides is 1. The number of ether oxygens (including phenoxy) is 1. The van der Waals surface area contributed by atoms with Crippen LogP contribution in [0.15, 0.2) is 47.6 Å². The molecule has 0 unspecified atom stereocenters. The van der Waals surface area contributed by atoms with E-state index in [1.807, 2.05) is 0 Å². The van der Waals surface area contributed by atoms with Crippen LogP contribution in [0.3, 0.4) is 0 Å². The van der Waals surface area contributed by atoms with Gasteiger partial charge in [-0.05, 0) is 29.8 Å². The van der Waals surface area contributed by atoms with Crippen molar-refractivity contribution in [2.45, 2.75) is 6.42 Å². The fraction of sp³-hybridized carbons (Fsp3) is 0.125. The van der Waals surface area contributed by atoms with E-state index in [2.05, 4.69) is 10.5 Å². The van der Waals surface area contributed by atoms with E-state index in [0.717, 1.165) is 0 Å². The molecule has 0 aliphatic heterocycles. The summed E-state index contributed by atoms with van der Waals surface area (Å²) in [7, 11) is 1.48. The highest BCUT2D eigenvalue weighted by Crippen LogP contribution is 2.24. The summed E-state index contributed by atoms with van der Waals surface area (Å²) in [5, 5.41) is 22.9. The first kappa shape index (κ1) is 15.4. The van der Waals surface area contributed by atoms with Crippen molar-refractivity contribution in [3.63, 3.8) is 0 Å². The molecular formula is C16H16N2O4. The van der Waals surface area contributed by atoms with E-state index in [0.29, 0.717) is 16.9 Å². The predicted molar refractivity (Wildman–Crippen MR) is 82.2 cm³/mol. The average Bonchev–Trinajstić information content (AvgIpc) is 2.48. The maximum atomic E-state index is 11.8. The number of carbonyl (C=O) groups is 1. The van der Waals surface area contributed by atoms with Crippen LogP contribution in [0.1, 0.15) is 11.1 Å². The van der Waals surface area contributed by atoms with Crippen LogP contribution < -0.4 is 10.2 Å². The molecule has 2 aromatic rings. The van der Waals surface area contributed by atoms with Gasteiger partial charge in [0.15, 0.2) is 0 Å². The quantitative estimate of drug-likeness (QED) is 0.580. The molecule has 22 heavy (non-hydrogen) atoms. The van der Waals surface area contributed by atoms with Crippen LogP contribution in [0.5, 0.6) is 17.2 Å². The summed E-state index contributed by atoms with van der Waals surface area (Å²) >= 11 is 0. The molecule has 0 aromatic heterocycles. The largest absolute Gasteiger partial charge is 0.508 e. The second kappa shape index (κ2) is 7.12. The Kier molecular flexibility index (Phi) is 4.98. The molecule has 3 N–H and O–H groups in total. The van der Waals surface area contributed by atoms with Gasteiger partial charge in [-0.15, -0.1) is 0 Å². The highest BCUT2D eigenvalue weighted by atomic mass is 16.5. The Balaban J connectivity index is 1.99. The molecule has 2 aromatic carbocycles. The smallest absolute Gasteiger partial charge is 0.244 e. The van der Waals surface area contributed by atoms with Gasteiger partial charge in [-0.25, -0.2) is 5.43 Å². The minimum Gasteiger partial charge on any atom is -0.508 e. The second-order valence-electron chi connectivity index (χ2n) is 4.53. The van der Waals surface area contributed by atoms with Crippen LogP contribution in [-0.4, -0.2) is 29.4 Å². The van der Waals surface area contributed by atoms with Gasteiger partial charge in [0, 0.05) is 0 Å². The van der Waals surface area contributed by atoms with Gasteiger partial charge in [0.2, 0.25) is 5.91 Å². The van der Waals surface area contributed by atoms with Crippen LogP contribution >= 0.6 is 0 Å². The van der Waals surface area contributed by atoms with Crippen LogP contribution in [0, 0.1) is 0 Å². The van der Waals surface area contributed by atoms with Crippen molar-refractivity contribution in [3.05, 3.63) is 53.6 Å². The fourth-order valence-electron chi connectivity index (χ4n) is 1.90. The number of nitrogens with one attached hydrogen (secondary N) is 1. The SMILES string of the molecule is COc1cccc(O)c1C=NNC(=O)Cc1cccc(O)c1. The number of phenolic OH excluding ortho intramolecular Hbond substituents is 2.